The fourth-order valence-electron chi connectivity index (χ4n) is 2.88. The number of benzene rings is 1. The molecule has 0 saturated carbocycles. The van der Waals surface area contributed by atoms with E-state index in [1.807, 2.05) is 30.9 Å². The maximum atomic E-state index is 12.8. The van der Waals surface area contributed by atoms with Crippen LogP contribution in [0.25, 0.3) is 0 Å². The van der Waals surface area contributed by atoms with Crippen molar-refractivity contribution >= 4 is 40.7 Å². The van der Waals surface area contributed by atoms with Gasteiger partial charge in [0, 0.05) is 24.5 Å². The number of thiocarbonyl (C=S) groups is 1. The Kier molecular flexibility index (Phi) is 4.14. The van der Waals surface area contributed by atoms with Gasteiger partial charge >= 0.3 is 0 Å². The zero-order chi connectivity index (χ0) is 15.9. The zero-order valence-electron chi connectivity index (χ0n) is 13.0. The maximum absolute atomic E-state index is 12.8. The van der Waals surface area contributed by atoms with Crippen LogP contribution in [-0.4, -0.2) is 40.5 Å². The highest BCUT2D eigenvalue weighted by atomic mass is 32.2. The van der Waals surface area contributed by atoms with Gasteiger partial charge in [-0.1, -0.05) is 23.9 Å². The van der Waals surface area contributed by atoms with Crippen molar-refractivity contribution in [1.29, 1.82) is 0 Å². The standard InChI is InChI=1S/C16H19N3OS2/c1-4-17-11-9-7-8-10-12(11)22-15(17)13-14(20)19(6-3)16(21)18(13)5-2/h7-10H,4-6H2,1-3H3/b15-13-. The summed E-state index contributed by atoms with van der Waals surface area (Å²) >= 11 is 7.14. The Morgan fingerprint density at radius 3 is 2.27 bits per heavy atom. The van der Waals surface area contributed by atoms with E-state index in [9.17, 15) is 4.79 Å². The first kappa shape index (κ1) is 15.4. The third kappa shape index (κ3) is 2.13. The van der Waals surface area contributed by atoms with Gasteiger partial charge in [0.1, 0.15) is 10.7 Å². The van der Waals surface area contributed by atoms with E-state index in [2.05, 4.69) is 24.0 Å². The van der Waals surface area contributed by atoms with E-state index in [0.717, 1.165) is 17.3 Å². The lowest BCUT2D eigenvalue weighted by atomic mass is 10.3. The molecule has 3 rings (SSSR count). The van der Waals surface area contributed by atoms with Gasteiger partial charge in [-0.2, -0.15) is 0 Å². The maximum Gasteiger partial charge on any atom is 0.279 e. The Balaban J connectivity index is 2.13. The normalized spacial score (nSPS) is 21.1. The largest absolute Gasteiger partial charge is 0.333 e. The number of carbonyl (C=O) groups is 1. The summed E-state index contributed by atoms with van der Waals surface area (Å²) in [5.41, 5.74) is 1.89. The highest BCUT2D eigenvalue weighted by Crippen LogP contribution is 2.48. The Hall–Kier alpha value is -1.53. The van der Waals surface area contributed by atoms with Crippen LogP contribution in [0.15, 0.2) is 39.9 Å². The summed E-state index contributed by atoms with van der Waals surface area (Å²) in [5.74, 6) is 0.0168. The third-order valence-electron chi connectivity index (χ3n) is 3.94. The molecule has 2 aliphatic heterocycles. The molecule has 0 N–H and O–H groups in total. The Morgan fingerprint density at radius 1 is 1.00 bits per heavy atom. The summed E-state index contributed by atoms with van der Waals surface area (Å²) in [4.78, 5) is 19.8. The average molecular weight is 333 g/mol. The van der Waals surface area contributed by atoms with E-state index >= 15 is 0 Å². The quantitative estimate of drug-likeness (QED) is 0.625. The van der Waals surface area contributed by atoms with E-state index in [-0.39, 0.29) is 5.91 Å². The first-order valence-electron chi connectivity index (χ1n) is 7.56. The van der Waals surface area contributed by atoms with Crippen molar-refractivity contribution in [3.8, 4) is 0 Å². The zero-order valence-corrected chi connectivity index (χ0v) is 14.6. The van der Waals surface area contributed by atoms with Crippen LogP contribution in [0.1, 0.15) is 20.8 Å². The number of rotatable bonds is 3. The van der Waals surface area contributed by atoms with Gasteiger partial charge in [-0.3, -0.25) is 9.69 Å². The van der Waals surface area contributed by atoms with Crippen molar-refractivity contribution in [3.63, 3.8) is 0 Å². The minimum absolute atomic E-state index is 0.0168. The van der Waals surface area contributed by atoms with Crippen LogP contribution in [0.3, 0.4) is 0 Å². The number of likely N-dealkylation sites (N-methyl/N-ethyl adjacent to an activating group) is 2. The molecule has 0 aromatic heterocycles. The van der Waals surface area contributed by atoms with Crippen LogP contribution in [0.4, 0.5) is 5.69 Å². The van der Waals surface area contributed by atoms with Crippen LogP contribution >= 0.6 is 24.0 Å². The van der Waals surface area contributed by atoms with Gasteiger partial charge in [0.15, 0.2) is 5.11 Å². The molecular weight excluding hydrogens is 314 g/mol. The van der Waals surface area contributed by atoms with Gasteiger partial charge in [-0.15, -0.1) is 0 Å². The number of thioether (sulfide) groups is 1. The number of nitrogens with zero attached hydrogens (tertiary/aromatic N) is 3. The average Bonchev–Trinajstić information content (AvgIpc) is 3.01. The molecule has 0 radical (unpaired) electrons. The second kappa shape index (κ2) is 5.93. The minimum Gasteiger partial charge on any atom is -0.333 e. The number of carbonyl (C=O) groups excluding carboxylic acids is 1. The van der Waals surface area contributed by atoms with Gasteiger partial charge in [-0.25, -0.2) is 0 Å². The monoisotopic (exact) mass is 333 g/mol. The molecule has 0 aliphatic carbocycles. The summed E-state index contributed by atoms with van der Waals surface area (Å²) in [6, 6.07) is 8.27. The van der Waals surface area contributed by atoms with Gasteiger partial charge in [0.05, 0.1) is 5.69 Å². The molecule has 116 valence electrons. The van der Waals surface area contributed by atoms with Gasteiger partial charge in [-0.05, 0) is 45.1 Å². The molecule has 22 heavy (non-hydrogen) atoms. The number of amides is 1. The first-order valence-corrected chi connectivity index (χ1v) is 8.78. The van der Waals surface area contributed by atoms with Crippen molar-refractivity contribution in [1.82, 2.24) is 9.80 Å². The van der Waals surface area contributed by atoms with Crippen molar-refractivity contribution < 1.29 is 4.79 Å². The van der Waals surface area contributed by atoms with Crippen molar-refractivity contribution in [3.05, 3.63) is 35.0 Å². The van der Waals surface area contributed by atoms with Crippen molar-refractivity contribution in [2.45, 2.75) is 25.7 Å². The third-order valence-corrected chi connectivity index (χ3v) is 5.55. The van der Waals surface area contributed by atoms with E-state index in [1.54, 1.807) is 16.7 Å². The highest BCUT2D eigenvalue weighted by molar-refractivity contribution is 8.03. The van der Waals surface area contributed by atoms with E-state index in [0.29, 0.717) is 18.2 Å². The lowest BCUT2D eigenvalue weighted by molar-refractivity contribution is -0.122. The SMILES string of the molecule is CCN1C(=O)/C(=C2/Sc3ccccc3N2CC)N(CC)C1=S. The molecule has 1 aromatic carbocycles. The number of fused-ring (bicyclic) bond motifs is 1. The molecule has 2 heterocycles. The van der Waals surface area contributed by atoms with Crippen LogP contribution < -0.4 is 4.90 Å². The van der Waals surface area contributed by atoms with Crippen LogP contribution in [0.5, 0.6) is 0 Å². The fraction of sp³-hybridized carbons (Fsp3) is 0.375. The smallest absolute Gasteiger partial charge is 0.279 e. The Morgan fingerprint density at radius 2 is 1.64 bits per heavy atom. The summed E-state index contributed by atoms with van der Waals surface area (Å²) in [5, 5.41) is 1.61. The molecule has 2 aliphatic rings. The minimum atomic E-state index is 0.0168. The van der Waals surface area contributed by atoms with Crippen LogP contribution in [0.2, 0.25) is 0 Å². The number of anilines is 1. The molecule has 0 bridgehead atoms. The predicted molar refractivity (Wildman–Crippen MR) is 94.7 cm³/mol. The van der Waals surface area contributed by atoms with E-state index in [4.69, 9.17) is 12.2 Å². The van der Waals surface area contributed by atoms with Crippen LogP contribution in [0, 0.1) is 0 Å². The highest BCUT2D eigenvalue weighted by Gasteiger charge is 2.41. The molecule has 0 unspecified atom stereocenters. The summed E-state index contributed by atoms with van der Waals surface area (Å²) < 4.78 is 0. The van der Waals surface area contributed by atoms with Crippen molar-refractivity contribution in [2.24, 2.45) is 0 Å². The topological polar surface area (TPSA) is 26.8 Å². The number of para-hydroxylation sites is 1. The molecule has 4 nitrogen and oxygen atoms in total. The van der Waals surface area contributed by atoms with E-state index < -0.39 is 0 Å². The first-order chi connectivity index (χ1) is 10.6. The summed E-state index contributed by atoms with van der Waals surface area (Å²) in [6.45, 7) is 8.23. The lowest BCUT2D eigenvalue weighted by Gasteiger charge is -2.22. The van der Waals surface area contributed by atoms with Gasteiger partial charge in [0.25, 0.3) is 5.91 Å². The second-order valence-corrected chi connectivity index (χ2v) is 6.44. The molecular formula is C16H19N3OS2. The number of hydrogen-bond donors (Lipinski definition) is 0. The lowest BCUT2D eigenvalue weighted by Crippen LogP contribution is -2.32. The van der Waals surface area contributed by atoms with Gasteiger partial charge < -0.3 is 9.80 Å². The van der Waals surface area contributed by atoms with Crippen LogP contribution in [-0.2, 0) is 4.79 Å². The molecule has 1 aromatic rings. The molecule has 1 fully saturated rings. The summed E-state index contributed by atoms with van der Waals surface area (Å²) in [7, 11) is 0. The molecule has 0 atom stereocenters. The Labute approximate surface area is 140 Å². The van der Waals surface area contributed by atoms with Gasteiger partial charge in [0.2, 0.25) is 0 Å². The second-order valence-electron chi connectivity index (χ2n) is 5.04. The fourth-order valence-corrected chi connectivity index (χ4v) is 4.58. The molecule has 1 saturated heterocycles. The molecule has 0 spiro atoms. The molecule has 6 heteroatoms. The number of hydrogen-bond acceptors (Lipinski definition) is 4. The molecule has 1 amide bonds. The Bertz CT molecular complexity index is 671. The summed E-state index contributed by atoms with van der Waals surface area (Å²) in [6.07, 6.45) is 0. The predicted octanol–water partition coefficient (Wildman–Crippen LogP) is 3.26. The van der Waals surface area contributed by atoms with E-state index in [1.165, 1.54) is 10.6 Å². The van der Waals surface area contributed by atoms with Crippen molar-refractivity contribution in [2.75, 3.05) is 24.5 Å².